The molecule has 5 heteroatoms. The Kier molecular flexibility index (Phi) is 27.7. The molecule has 0 atom stereocenters. The van der Waals surface area contributed by atoms with Gasteiger partial charge in [0.2, 0.25) is 10.5 Å². The van der Waals surface area contributed by atoms with Crippen molar-refractivity contribution in [3.63, 3.8) is 0 Å². The summed E-state index contributed by atoms with van der Waals surface area (Å²) in [5, 5.41) is 0. The molecule has 0 saturated carbocycles. The molecule has 0 bridgehead atoms. The Bertz CT molecular complexity index is 336. The quantitative estimate of drug-likeness (QED) is 0.0584. The molecule has 0 aliphatic heterocycles. The molecule has 0 fully saturated rings. The van der Waals surface area contributed by atoms with Gasteiger partial charge < -0.3 is 18.6 Å². The van der Waals surface area contributed by atoms with Gasteiger partial charge in [0.15, 0.2) is 0 Å². The highest BCUT2D eigenvalue weighted by Crippen LogP contribution is 2.26. The lowest BCUT2D eigenvalue weighted by Crippen LogP contribution is -2.40. The van der Waals surface area contributed by atoms with Crippen molar-refractivity contribution in [2.75, 3.05) is 26.4 Å². The fourth-order valence-corrected chi connectivity index (χ4v) is 4.33. The smallest absolute Gasteiger partial charge is 0.282 e. The molecule has 3 radical (unpaired) electrons. The van der Waals surface area contributed by atoms with Gasteiger partial charge in [-0.2, -0.15) is 0 Å². The summed E-state index contributed by atoms with van der Waals surface area (Å²) < 4.78 is 24.3. The Labute approximate surface area is 217 Å². The van der Waals surface area contributed by atoms with Crippen LogP contribution >= 0.6 is 0 Å². The van der Waals surface area contributed by atoms with Gasteiger partial charge in [-0.3, -0.25) is 0 Å². The molecule has 0 unspecified atom stereocenters. The Morgan fingerprint density at radius 3 is 1.09 bits per heavy atom. The van der Waals surface area contributed by atoms with Crippen molar-refractivity contribution in [1.82, 2.24) is 0 Å². The normalized spacial score (nSPS) is 12.0. The van der Waals surface area contributed by atoms with Crippen LogP contribution in [0.15, 0.2) is 0 Å². The highest BCUT2D eigenvalue weighted by Gasteiger charge is 2.33. The third-order valence-corrected chi connectivity index (χ3v) is 6.64. The van der Waals surface area contributed by atoms with Crippen molar-refractivity contribution in [3.05, 3.63) is 0 Å². The molecule has 34 heavy (non-hydrogen) atoms. The molecule has 0 heterocycles. The molecule has 0 saturated heterocycles. The number of hydrogen-bond acceptors (Lipinski definition) is 4. The lowest BCUT2D eigenvalue weighted by molar-refractivity contribution is -0.384. The molecular formula is C29H59O4Si. The lowest BCUT2D eigenvalue weighted by atomic mass is 10.1. The summed E-state index contributed by atoms with van der Waals surface area (Å²) >= 11 is 0. The topological polar surface area (TPSA) is 36.9 Å². The highest BCUT2D eigenvalue weighted by atomic mass is 28.2. The molecule has 4 nitrogen and oxygen atoms in total. The van der Waals surface area contributed by atoms with Crippen LogP contribution in [-0.4, -0.2) is 42.9 Å². The fraction of sp³-hybridized carbons (Fsp3) is 1.00. The second kappa shape index (κ2) is 27.6. The van der Waals surface area contributed by atoms with E-state index in [1.807, 2.05) is 0 Å². The largest absolute Gasteiger partial charge is 0.419 e. The van der Waals surface area contributed by atoms with Gasteiger partial charge in [-0.1, -0.05) is 117 Å². The lowest BCUT2D eigenvalue weighted by Gasteiger charge is -2.34. The molecule has 0 spiro atoms. The van der Waals surface area contributed by atoms with Gasteiger partial charge in [-0.15, -0.1) is 0 Å². The summed E-state index contributed by atoms with van der Waals surface area (Å²) in [4.78, 5) is 0. The molecule has 0 aliphatic carbocycles. The molecule has 0 aromatic carbocycles. The zero-order chi connectivity index (χ0) is 25.0. The third-order valence-electron chi connectivity index (χ3n) is 6.44. The minimum atomic E-state index is -0.887. The van der Waals surface area contributed by atoms with E-state index in [2.05, 4.69) is 31.3 Å². The Morgan fingerprint density at radius 2 is 0.735 bits per heavy atom. The third kappa shape index (κ3) is 22.5. The fourth-order valence-electron chi connectivity index (χ4n) is 4.19. The molecule has 0 rings (SSSR count). The van der Waals surface area contributed by atoms with Gasteiger partial charge in [-0.05, 0) is 32.1 Å². The van der Waals surface area contributed by atoms with Crippen LogP contribution in [0.25, 0.3) is 0 Å². The van der Waals surface area contributed by atoms with Crippen LogP contribution in [0.1, 0.15) is 156 Å². The van der Waals surface area contributed by atoms with Gasteiger partial charge >= 0.3 is 0 Å². The van der Waals surface area contributed by atoms with Gasteiger partial charge in [0.25, 0.3) is 5.97 Å². The van der Waals surface area contributed by atoms with E-state index in [0.29, 0.717) is 26.4 Å². The summed E-state index contributed by atoms with van der Waals surface area (Å²) in [7, 11) is 3.12. The van der Waals surface area contributed by atoms with E-state index in [9.17, 15) is 0 Å². The molecule has 203 valence electrons. The number of hydrogen-bond donors (Lipinski definition) is 0. The molecule has 0 aromatic heterocycles. The highest BCUT2D eigenvalue weighted by molar-refractivity contribution is 5.97. The first-order valence-electron chi connectivity index (χ1n) is 14.9. The maximum Gasteiger partial charge on any atom is 0.282 e. The van der Waals surface area contributed by atoms with E-state index in [1.165, 1.54) is 96.3 Å². The minimum Gasteiger partial charge on any atom is -0.419 e. The SMILES string of the molecule is CCCCCCCCOC(CCCCO[Si])(OCCCCCCCC)OCCCCCCCC. The van der Waals surface area contributed by atoms with Gasteiger partial charge in [0.05, 0.1) is 19.8 Å². The maximum atomic E-state index is 6.41. The van der Waals surface area contributed by atoms with E-state index in [0.717, 1.165) is 38.5 Å². The summed E-state index contributed by atoms with van der Waals surface area (Å²) in [6.45, 7) is 9.63. The molecule has 0 amide bonds. The number of unbranched alkanes of at least 4 members (excludes halogenated alkanes) is 16. The van der Waals surface area contributed by atoms with Crippen molar-refractivity contribution >= 4 is 10.5 Å². The zero-order valence-electron chi connectivity index (χ0n) is 23.3. The molecule has 0 N–H and O–H groups in total. The van der Waals surface area contributed by atoms with Gasteiger partial charge in [0, 0.05) is 13.0 Å². The Hall–Kier alpha value is 0.0569. The predicted molar refractivity (Wildman–Crippen MR) is 146 cm³/mol. The first-order valence-corrected chi connectivity index (χ1v) is 15.4. The molecule has 0 aromatic rings. The van der Waals surface area contributed by atoms with Crippen molar-refractivity contribution in [2.24, 2.45) is 0 Å². The van der Waals surface area contributed by atoms with Crippen LogP contribution in [0.2, 0.25) is 0 Å². The van der Waals surface area contributed by atoms with Crippen molar-refractivity contribution < 1.29 is 18.6 Å². The molecular weight excluding hydrogens is 440 g/mol. The predicted octanol–water partition coefficient (Wildman–Crippen LogP) is 9.04. The van der Waals surface area contributed by atoms with E-state index >= 15 is 0 Å². The standard InChI is InChI=1S/C29H59O4Si/c1-4-7-10-13-16-20-25-30-29(24-19-23-28-33-34,31-26-21-17-14-11-8-5-2)32-27-22-18-15-12-9-6-3/h4-28H2,1-3H3. The number of ether oxygens (including phenoxy) is 3. The summed E-state index contributed by atoms with van der Waals surface area (Å²) in [5.74, 6) is -0.887. The van der Waals surface area contributed by atoms with Crippen molar-refractivity contribution in [2.45, 2.75) is 162 Å². The Morgan fingerprint density at radius 1 is 0.412 bits per heavy atom. The summed E-state index contributed by atoms with van der Waals surface area (Å²) in [6.07, 6.45) is 25.4. The monoisotopic (exact) mass is 499 g/mol. The van der Waals surface area contributed by atoms with Crippen LogP contribution in [0.5, 0.6) is 0 Å². The second-order valence-electron chi connectivity index (χ2n) is 9.84. The first-order chi connectivity index (χ1) is 16.7. The van der Waals surface area contributed by atoms with Crippen LogP contribution in [0, 0.1) is 0 Å². The van der Waals surface area contributed by atoms with E-state index in [1.54, 1.807) is 0 Å². The van der Waals surface area contributed by atoms with Crippen LogP contribution in [0.4, 0.5) is 0 Å². The zero-order valence-corrected chi connectivity index (χ0v) is 24.3. The van der Waals surface area contributed by atoms with E-state index in [-0.39, 0.29) is 0 Å². The maximum absolute atomic E-state index is 6.41. The van der Waals surface area contributed by atoms with Crippen molar-refractivity contribution in [1.29, 1.82) is 0 Å². The Balaban J connectivity index is 4.68. The molecule has 0 aliphatic rings. The number of rotatable bonds is 29. The van der Waals surface area contributed by atoms with Gasteiger partial charge in [-0.25, -0.2) is 0 Å². The average Bonchev–Trinajstić information content (AvgIpc) is 2.85. The van der Waals surface area contributed by atoms with Crippen molar-refractivity contribution in [3.8, 4) is 0 Å². The summed E-state index contributed by atoms with van der Waals surface area (Å²) in [5.41, 5.74) is 0. The van der Waals surface area contributed by atoms with E-state index in [4.69, 9.17) is 18.6 Å². The second-order valence-corrected chi connectivity index (χ2v) is 10.1. The average molecular weight is 500 g/mol. The van der Waals surface area contributed by atoms with Gasteiger partial charge in [0.1, 0.15) is 0 Å². The van der Waals surface area contributed by atoms with E-state index < -0.39 is 5.97 Å². The van der Waals surface area contributed by atoms with Crippen LogP contribution in [-0.2, 0) is 18.6 Å². The first kappa shape index (κ1) is 34.1. The van der Waals surface area contributed by atoms with Crippen LogP contribution < -0.4 is 0 Å². The van der Waals surface area contributed by atoms with Crippen LogP contribution in [0.3, 0.4) is 0 Å². The minimum absolute atomic E-state index is 0.694. The summed E-state index contributed by atoms with van der Waals surface area (Å²) in [6, 6.07) is 0.